The highest BCUT2D eigenvalue weighted by Gasteiger charge is 2.30. The topological polar surface area (TPSA) is 86.8 Å². The predicted molar refractivity (Wildman–Crippen MR) is 133 cm³/mol. The molecule has 0 saturated heterocycles. The largest absolute Gasteiger partial charge is 0.352 e. The Kier molecular flexibility index (Phi) is 9.46. The first-order valence-electron chi connectivity index (χ1n) is 11.2. The maximum absolute atomic E-state index is 13.4. The molecule has 0 aliphatic heterocycles. The van der Waals surface area contributed by atoms with Gasteiger partial charge in [-0.15, -0.1) is 0 Å². The highest BCUT2D eigenvalue weighted by Crippen LogP contribution is 2.19. The Morgan fingerprint density at radius 2 is 1.61 bits per heavy atom. The second-order valence-electron chi connectivity index (χ2n) is 8.42. The van der Waals surface area contributed by atoms with Crippen molar-refractivity contribution in [3.8, 4) is 0 Å². The van der Waals surface area contributed by atoms with Gasteiger partial charge in [0.15, 0.2) is 0 Å². The quantitative estimate of drug-likeness (QED) is 0.543. The lowest BCUT2D eigenvalue weighted by molar-refractivity contribution is -0.139. The number of carbonyl (C=O) groups is 2. The number of benzene rings is 2. The zero-order valence-corrected chi connectivity index (χ0v) is 20.9. The van der Waals surface area contributed by atoms with E-state index in [1.807, 2.05) is 51.1 Å². The van der Waals surface area contributed by atoms with Gasteiger partial charge in [0.2, 0.25) is 21.8 Å². The molecule has 8 heteroatoms. The van der Waals surface area contributed by atoms with Crippen LogP contribution in [0.2, 0.25) is 0 Å². The number of aryl methyl sites for hydroxylation is 1. The number of anilines is 1. The molecule has 2 aromatic rings. The number of nitrogens with one attached hydrogen (secondary N) is 1. The smallest absolute Gasteiger partial charge is 0.244 e. The van der Waals surface area contributed by atoms with Crippen LogP contribution in [0, 0.1) is 6.92 Å². The molecular formula is C25H35N3O4S. The van der Waals surface area contributed by atoms with Crippen LogP contribution in [0.1, 0.15) is 38.3 Å². The molecule has 0 spiro atoms. The van der Waals surface area contributed by atoms with Crippen molar-refractivity contribution in [3.63, 3.8) is 0 Å². The number of sulfonamides is 1. The van der Waals surface area contributed by atoms with E-state index in [2.05, 4.69) is 5.32 Å². The van der Waals surface area contributed by atoms with E-state index in [1.165, 1.54) is 4.90 Å². The van der Waals surface area contributed by atoms with E-state index in [0.717, 1.165) is 28.1 Å². The molecule has 0 radical (unpaired) electrons. The minimum atomic E-state index is -3.71. The van der Waals surface area contributed by atoms with Gasteiger partial charge in [0, 0.05) is 12.6 Å². The van der Waals surface area contributed by atoms with Crippen molar-refractivity contribution >= 4 is 27.5 Å². The first kappa shape index (κ1) is 26.4. The summed E-state index contributed by atoms with van der Waals surface area (Å²) in [6, 6.07) is 15.9. The van der Waals surface area contributed by atoms with Crippen LogP contribution in [0.15, 0.2) is 54.6 Å². The fraction of sp³-hybridized carbons (Fsp3) is 0.440. The van der Waals surface area contributed by atoms with Crippen molar-refractivity contribution in [2.24, 2.45) is 0 Å². The summed E-state index contributed by atoms with van der Waals surface area (Å²) < 4.78 is 26.1. The Morgan fingerprint density at radius 3 is 2.15 bits per heavy atom. The summed E-state index contributed by atoms with van der Waals surface area (Å²) >= 11 is 0. The Morgan fingerprint density at radius 1 is 1.00 bits per heavy atom. The molecule has 2 rings (SSSR count). The number of hydrogen-bond donors (Lipinski definition) is 1. The summed E-state index contributed by atoms with van der Waals surface area (Å²) in [6.45, 7) is 7.38. The Bertz CT molecular complexity index is 1020. The van der Waals surface area contributed by atoms with Crippen molar-refractivity contribution in [1.29, 1.82) is 0 Å². The van der Waals surface area contributed by atoms with Crippen molar-refractivity contribution in [2.75, 3.05) is 23.7 Å². The second kappa shape index (κ2) is 11.8. The van der Waals surface area contributed by atoms with E-state index in [-0.39, 0.29) is 18.5 Å². The molecule has 33 heavy (non-hydrogen) atoms. The zero-order chi connectivity index (χ0) is 24.6. The van der Waals surface area contributed by atoms with Crippen LogP contribution < -0.4 is 9.62 Å². The molecule has 2 amide bonds. The van der Waals surface area contributed by atoms with Gasteiger partial charge in [0.05, 0.1) is 11.9 Å². The SMILES string of the molecule is CC[C@H](C)NC(=O)[C@@H](C)N(CCc1ccccc1)C(=O)CN(c1ccc(C)cc1)S(C)(=O)=O. The van der Waals surface area contributed by atoms with E-state index in [0.29, 0.717) is 18.7 Å². The van der Waals surface area contributed by atoms with Crippen LogP contribution in [0.4, 0.5) is 5.69 Å². The minimum absolute atomic E-state index is 0.0221. The van der Waals surface area contributed by atoms with Crippen LogP contribution >= 0.6 is 0 Å². The fourth-order valence-electron chi connectivity index (χ4n) is 3.36. The molecule has 180 valence electrons. The zero-order valence-electron chi connectivity index (χ0n) is 20.1. The summed E-state index contributed by atoms with van der Waals surface area (Å²) in [5, 5.41) is 2.92. The van der Waals surface area contributed by atoms with Crippen LogP contribution in [0.5, 0.6) is 0 Å². The van der Waals surface area contributed by atoms with Crippen LogP contribution in [-0.2, 0) is 26.0 Å². The summed E-state index contributed by atoms with van der Waals surface area (Å²) in [6.07, 6.45) is 2.40. The molecule has 0 bridgehead atoms. The van der Waals surface area contributed by atoms with Crippen LogP contribution in [0.3, 0.4) is 0 Å². The lowest BCUT2D eigenvalue weighted by Crippen LogP contribution is -2.53. The van der Waals surface area contributed by atoms with E-state index in [9.17, 15) is 18.0 Å². The highest BCUT2D eigenvalue weighted by molar-refractivity contribution is 7.92. The maximum atomic E-state index is 13.4. The molecule has 0 aliphatic carbocycles. The molecule has 0 fully saturated rings. The third-order valence-corrected chi connectivity index (χ3v) is 6.79. The van der Waals surface area contributed by atoms with Crippen LogP contribution in [0.25, 0.3) is 0 Å². The lowest BCUT2D eigenvalue weighted by atomic mass is 10.1. The minimum Gasteiger partial charge on any atom is -0.352 e. The standard InChI is InChI=1S/C25H35N3O4S/c1-6-20(3)26-25(30)21(4)27(17-16-22-10-8-7-9-11-22)24(29)18-28(33(5,31)32)23-14-12-19(2)13-15-23/h7-15,20-21H,6,16-18H2,1-5H3,(H,26,30)/t20-,21+/m0/s1. The monoisotopic (exact) mass is 473 g/mol. The van der Waals surface area contributed by atoms with Gasteiger partial charge in [0.1, 0.15) is 12.6 Å². The molecule has 0 aliphatic rings. The van der Waals surface area contributed by atoms with Gasteiger partial charge in [-0.05, 0) is 51.3 Å². The van der Waals surface area contributed by atoms with Gasteiger partial charge in [0.25, 0.3) is 0 Å². The first-order chi connectivity index (χ1) is 15.5. The highest BCUT2D eigenvalue weighted by atomic mass is 32.2. The molecule has 0 saturated carbocycles. The van der Waals surface area contributed by atoms with Gasteiger partial charge < -0.3 is 10.2 Å². The summed E-state index contributed by atoms with van der Waals surface area (Å²) in [4.78, 5) is 27.7. The lowest BCUT2D eigenvalue weighted by Gasteiger charge is -2.32. The normalized spacial score (nSPS) is 13.1. The molecule has 7 nitrogen and oxygen atoms in total. The number of hydrogen-bond acceptors (Lipinski definition) is 4. The Labute approximate surface area is 197 Å². The second-order valence-corrected chi connectivity index (χ2v) is 10.3. The Balaban J connectivity index is 2.29. The first-order valence-corrected chi connectivity index (χ1v) is 13.1. The molecule has 2 atom stereocenters. The molecule has 0 heterocycles. The van der Waals surface area contributed by atoms with Crippen LogP contribution in [-0.4, -0.2) is 56.6 Å². The van der Waals surface area contributed by atoms with E-state index >= 15 is 0 Å². The van der Waals surface area contributed by atoms with E-state index in [1.54, 1.807) is 31.2 Å². The summed E-state index contributed by atoms with van der Waals surface area (Å²) in [5.41, 5.74) is 2.43. The summed E-state index contributed by atoms with van der Waals surface area (Å²) in [7, 11) is -3.71. The number of amides is 2. The summed E-state index contributed by atoms with van der Waals surface area (Å²) in [5.74, 6) is -0.685. The molecule has 0 unspecified atom stereocenters. The molecule has 0 aromatic heterocycles. The molecule has 2 aromatic carbocycles. The number of carbonyl (C=O) groups excluding carboxylic acids is 2. The van der Waals surface area contributed by atoms with Gasteiger partial charge >= 0.3 is 0 Å². The molecule has 1 N–H and O–H groups in total. The third-order valence-electron chi connectivity index (χ3n) is 5.65. The van der Waals surface area contributed by atoms with E-state index in [4.69, 9.17) is 0 Å². The maximum Gasteiger partial charge on any atom is 0.244 e. The third kappa shape index (κ3) is 7.89. The van der Waals surface area contributed by atoms with Crippen molar-refractivity contribution < 1.29 is 18.0 Å². The predicted octanol–water partition coefficient (Wildman–Crippen LogP) is 3.14. The average molecular weight is 474 g/mol. The molecular weight excluding hydrogens is 438 g/mol. The van der Waals surface area contributed by atoms with Gasteiger partial charge in [-0.1, -0.05) is 55.0 Å². The van der Waals surface area contributed by atoms with Gasteiger partial charge in [-0.2, -0.15) is 0 Å². The van der Waals surface area contributed by atoms with Crippen molar-refractivity contribution in [3.05, 3.63) is 65.7 Å². The number of rotatable bonds is 11. The number of nitrogens with zero attached hydrogens (tertiary/aromatic N) is 2. The van der Waals surface area contributed by atoms with Crippen molar-refractivity contribution in [1.82, 2.24) is 10.2 Å². The van der Waals surface area contributed by atoms with Gasteiger partial charge in [-0.3, -0.25) is 13.9 Å². The fourth-order valence-corrected chi connectivity index (χ4v) is 4.21. The van der Waals surface area contributed by atoms with Gasteiger partial charge in [-0.25, -0.2) is 8.42 Å². The Hall–Kier alpha value is -2.87. The average Bonchev–Trinajstić information content (AvgIpc) is 2.78. The van der Waals surface area contributed by atoms with Crippen molar-refractivity contribution in [2.45, 2.75) is 52.6 Å². The van der Waals surface area contributed by atoms with E-state index < -0.39 is 22.0 Å².